The first-order valence-corrected chi connectivity index (χ1v) is 3.44. The van der Waals surface area contributed by atoms with Gasteiger partial charge in [0, 0.05) is 19.5 Å². The van der Waals surface area contributed by atoms with E-state index >= 15 is 0 Å². The standard InChI is InChI=1S/C7H14N2O/c1-8-4-3-5-9(2)6-7-10/h10H,3-7H2,2H3. The highest BCUT2D eigenvalue weighted by Gasteiger charge is 1.96. The maximum absolute atomic E-state index is 8.49. The molecular formula is C7H14N2O. The van der Waals surface area contributed by atoms with Crippen molar-refractivity contribution in [3.8, 4) is 0 Å². The number of aliphatic hydroxyl groups excluding tert-OH is 1. The van der Waals surface area contributed by atoms with E-state index in [1.165, 1.54) is 0 Å². The molecule has 0 unspecified atom stereocenters. The smallest absolute Gasteiger partial charge is 0.215 e. The molecule has 0 aromatic carbocycles. The first-order valence-electron chi connectivity index (χ1n) is 3.44. The summed E-state index contributed by atoms with van der Waals surface area (Å²) in [5.74, 6) is 0. The Bertz CT molecular complexity index is 109. The lowest BCUT2D eigenvalue weighted by atomic mass is 10.4. The van der Waals surface area contributed by atoms with Crippen LogP contribution in [0.25, 0.3) is 4.85 Å². The molecule has 0 bridgehead atoms. The summed E-state index contributed by atoms with van der Waals surface area (Å²) >= 11 is 0. The van der Waals surface area contributed by atoms with Crippen molar-refractivity contribution in [2.45, 2.75) is 6.42 Å². The van der Waals surface area contributed by atoms with E-state index in [2.05, 4.69) is 4.85 Å². The molecule has 0 fully saturated rings. The topological polar surface area (TPSA) is 27.8 Å². The molecular weight excluding hydrogens is 128 g/mol. The van der Waals surface area contributed by atoms with Gasteiger partial charge in [-0.3, -0.25) is 0 Å². The monoisotopic (exact) mass is 142 g/mol. The fraction of sp³-hybridized carbons (Fsp3) is 0.857. The maximum atomic E-state index is 8.49. The van der Waals surface area contributed by atoms with Crippen LogP contribution in [0.4, 0.5) is 0 Å². The highest BCUT2D eigenvalue weighted by Crippen LogP contribution is 1.86. The van der Waals surface area contributed by atoms with Crippen molar-refractivity contribution < 1.29 is 5.11 Å². The van der Waals surface area contributed by atoms with E-state index in [1.807, 2.05) is 11.9 Å². The molecule has 0 amide bonds. The van der Waals surface area contributed by atoms with Gasteiger partial charge < -0.3 is 14.9 Å². The van der Waals surface area contributed by atoms with Crippen LogP contribution in [0.2, 0.25) is 0 Å². The van der Waals surface area contributed by atoms with Crippen molar-refractivity contribution in [3.63, 3.8) is 0 Å². The minimum absolute atomic E-state index is 0.203. The Morgan fingerprint density at radius 1 is 1.50 bits per heavy atom. The first-order chi connectivity index (χ1) is 4.81. The Hall–Kier alpha value is -0.590. The van der Waals surface area contributed by atoms with Crippen LogP contribution < -0.4 is 0 Å². The van der Waals surface area contributed by atoms with E-state index in [0.29, 0.717) is 13.1 Å². The normalized spacial score (nSPS) is 9.80. The third-order valence-electron chi connectivity index (χ3n) is 1.29. The molecule has 0 aliphatic carbocycles. The van der Waals surface area contributed by atoms with E-state index in [0.717, 1.165) is 13.0 Å². The number of rotatable bonds is 5. The highest BCUT2D eigenvalue weighted by molar-refractivity contribution is 4.60. The molecule has 0 aliphatic heterocycles. The number of aliphatic hydroxyl groups is 1. The molecule has 0 spiro atoms. The SMILES string of the molecule is [C-]#[N+]CCCN(C)CCO. The Kier molecular flexibility index (Phi) is 6.14. The Morgan fingerprint density at radius 2 is 2.20 bits per heavy atom. The van der Waals surface area contributed by atoms with Crippen LogP contribution in [0.5, 0.6) is 0 Å². The molecule has 0 rings (SSSR count). The van der Waals surface area contributed by atoms with Crippen LogP contribution in [0.3, 0.4) is 0 Å². The molecule has 3 heteroatoms. The molecule has 0 atom stereocenters. The summed E-state index contributed by atoms with van der Waals surface area (Å²) in [6.07, 6.45) is 0.903. The van der Waals surface area contributed by atoms with Crippen molar-refractivity contribution in [2.24, 2.45) is 0 Å². The lowest BCUT2D eigenvalue weighted by Gasteiger charge is -2.12. The van der Waals surface area contributed by atoms with Crippen molar-refractivity contribution in [1.29, 1.82) is 0 Å². The minimum Gasteiger partial charge on any atom is -0.395 e. The van der Waals surface area contributed by atoms with E-state index < -0.39 is 0 Å². The Labute approximate surface area is 62.1 Å². The zero-order valence-corrected chi connectivity index (χ0v) is 6.38. The second-order valence-electron chi connectivity index (χ2n) is 2.26. The number of likely N-dealkylation sites (N-methyl/N-ethyl adjacent to an activating group) is 1. The number of hydrogen-bond acceptors (Lipinski definition) is 2. The zero-order chi connectivity index (χ0) is 7.82. The Balaban J connectivity index is 3.06. The second kappa shape index (κ2) is 6.53. The molecule has 58 valence electrons. The van der Waals surface area contributed by atoms with E-state index in [9.17, 15) is 0 Å². The summed E-state index contributed by atoms with van der Waals surface area (Å²) in [7, 11) is 1.94. The van der Waals surface area contributed by atoms with Gasteiger partial charge in [0.05, 0.1) is 6.61 Å². The predicted octanol–water partition coefficient (Wildman–Crippen LogP) is 0.220. The molecule has 0 heterocycles. The average molecular weight is 142 g/mol. The summed E-state index contributed by atoms with van der Waals surface area (Å²) < 4.78 is 0. The van der Waals surface area contributed by atoms with Gasteiger partial charge in [0.25, 0.3) is 0 Å². The van der Waals surface area contributed by atoms with E-state index in [4.69, 9.17) is 11.7 Å². The van der Waals surface area contributed by atoms with Crippen LogP contribution in [0.1, 0.15) is 6.42 Å². The molecule has 3 nitrogen and oxygen atoms in total. The average Bonchev–Trinajstić information content (AvgIpc) is 1.89. The van der Waals surface area contributed by atoms with Gasteiger partial charge in [-0.05, 0) is 7.05 Å². The lowest BCUT2D eigenvalue weighted by molar-refractivity contribution is 0.221. The van der Waals surface area contributed by atoms with Gasteiger partial charge in [0.15, 0.2) is 0 Å². The third-order valence-corrected chi connectivity index (χ3v) is 1.29. The van der Waals surface area contributed by atoms with Gasteiger partial charge in [-0.2, -0.15) is 0 Å². The maximum Gasteiger partial charge on any atom is 0.215 e. The van der Waals surface area contributed by atoms with Crippen LogP contribution in [0, 0.1) is 6.57 Å². The molecule has 10 heavy (non-hydrogen) atoms. The predicted molar refractivity (Wildman–Crippen MR) is 40.7 cm³/mol. The molecule has 0 aliphatic rings. The van der Waals surface area contributed by atoms with Gasteiger partial charge in [0.1, 0.15) is 0 Å². The van der Waals surface area contributed by atoms with Crippen LogP contribution in [-0.2, 0) is 0 Å². The summed E-state index contributed by atoms with van der Waals surface area (Å²) in [5, 5.41) is 8.49. The van der Waals surface area contributed by atoms with Crippen molar-refractivity contribution in [1.82, 2.24) is 4.90 Å². The summed E-state index contributed by atoms with van der Waals surface area (Å²) in [6.45, 7) is 8.91. The van der Waals surface area contributed by atoms with Crippen LogP contribution in [-0.4, -0.2) is 43.3 Å². The fourth-order valence-electron chi connectivity index (χ4n) is 0.702. The largest absolute Gasteiger partial charge is 0.395 e. The van der Waals surface area contributed by atoms with E-state index in [1.54, 1.807) is 0 Å². The molecule has 0 aromatic heterocycles. The van der Waals surface area contributed by atoms with Crippen molar-refractivity contribution in [3.05, 3.63) is 11.4 Å². The van der Waals surface area contributed by atoms with E-state index in [-0.39, 0.29) is 6.61 Å². The lowest BCUT2D eigenvalue weighted by Crippen LogP contribution is -2.23. The number of hydrogen-bond donors (Lipinski definition) is 1. The molecule has 0 aromatic rings. The van der Waals surface area contributed by atoms with Gasteiger partial charge in [-0.15, -0.1) is 0 Å². The van der Waals surface area contributed by atoms with Gasteiger partial charge >= 0.3 is 0 Å². The first kappa shape index (κ1) is 9.41. The van der Waals surface area contributed by atoms with Crippen molar-refractivity contribution >= 4 is 0 Å². The zero-order valence-electron chi connectivity index (χ0n) is 6.38. The van der Waals surface area contributed by atoms with Crippen molar-refractivity contribution in [2.75, 3.05) is 33.3 Å². The fourth-order valence-corrected chi connectivity index (χ4v) is 0.702. The highest BCUT2D eigenvalue weighted by atomic mass is 16.3. The van der Waals surface area contributed by atoms with Gasteiger partial charge in [-0.25, -0.2) is 6.57 Å². The van der Waals surface area contributed by atoms with Crippen LogP contribution >= 0.6 is 0 Å². The van der Waals surface area contributed by atoms with Crippen LogP contribution in [0.15, 0.2) is 0 Å². The quantitative estimate of drug-likeness (QED) is 0.439. The third kappa shape index (κ3) is 5.54. The van der Waals surface area contributed by atoms with Gasteiger partial charge in [0.2, 0.25) is 6.54 Å². The molecule has 1 N–H and O–H groups in total. The minimum atomic E-state index is 0.203. The molecule has 0 radical (unpaired) electrons. The summed E-state index contributed by atoms with van der Waals surface area (Å²) in [6, 6.07) is 0. The Morgan fingerprint density at radius 3 is 2.70 bits per heavy atom. The number of nitrogens with zero attached hydrogens (tertiary/aromatic N) is 2. The van der Waals surface area contributed by atoms with Gasteiger partial charge in [-0.1, -0.05) is 0 Å². The summed E-state index contributed by atoms with van der Waals surface area (Å²) in [4.78, 5) is 5.25. The molecule has 0 saturated heterocycles. The molecule has 0 saturated carbocycles. The second-order valence-corrected chi connectivity index (χ2v) is 2.26. The summed E-state index contributed by atoms with van der Waals surface area (Å²) in [5.41, 5.74) is 0.